The molecule has 0 aromatic heterocycles. The molecule has 0 aliphatic carbocycles. The first-order valence-electron chi connectivity index (χ1n) is 8.46. The maximum atomic E-state index is 2.25. The van der Waals surface area contributed by atoms with E-state index in [0.29, 0.717) is 0 Å². The fraction of sp³-hybridized carbons (Fsp3) is 0.217. The standard InChI is InChI=1S/C23H25N/c1-17-10-5-7-12-19(17)21-14-9-15-22(23(21)16-24(3)4)20-13-8-6-11-18(20)2/h5-15H,16H2,1-4H3. The Morgan fingerprint density at radius 3 is 1.42 bits per heavy atom. The van der Waals surface area contributed by atoms with Crippen LogP contribution in [0.25, 0.3) is 22.3 Å². The summed E-state index contributed by atoms with van der Waals surface area (Å²) in [6, 6.07) is 24.0. The highest BCUT2D eigenvalue weighted by molar-refractivity contribution is 5.81. The molecule has 3 aromatic carbocycles. The summed E-state index contributed by atoms with van der Waals surface area (Å²) in [5.74, 6) is 0. The number of benzene rings is 3. The zero-order valence-corrected chi connectivity index (χ0v) is 15.0. The highest BCUT2D eigenvalue weighted by atomic mass is 15.0. The van der Waals surface area contributed by atoms with Gasteiger partial charge in [0, 0.05) is 6.54 Å². The van der Waals surface area contributed by atoms with Gasteiger partial charge in [0.15, 0.2) is 0 Å². The molecule has 0 fully saturated rings. The van der Waals surface area contributed by atoms with E-state index >= 15 is 0 Å². The first-order valence-corrected chi connectivity index (χ1v) is 8.46. The van der Waals surface area contributed by atoms with Gasteiger partial charge in [-0.15, -0.1) is 0 Å². The van der Waals surface area contributed by atoms with Crippen molar-refractivity contribution in [3.05, 3.63) is 83.4 Å². The average Bonchev–Trinajstić information content (AvgIpc) is 2.56. The molecule has 24 heavy (non-hydrogen) atoms. The van der Waals surface area contributed by atoms with Crippen LogP contribution >= 0.6 is 0 Å². The molecule has 0 heterocycles. The molecule has 0 radical (unpaired) electrons. The first-order chi connectivity index (χ1) is 11.6. The summed E-state index contributed by atoms with van der Waals surface area (Å²) in [5.41, 5.74) is 9.35. The molecule has 1 heteroatoms. The fourth-order valence-corrected chi connectivity index (χ4v) is 3.33. The van der Waals surface area contributed by atoms with E-state index in [1.807, 2.05) is 0 Å². The molecular formula is C23H25N. The van der Waals surface area contributed by atoms with E-state index in [1.54, 1.807) is 0 Å². The van der Waals surface area contributed by atoms with Crippen LogP contribution in [0.5, 0.6) is 0 Å². The fourth-order valence-electron chi connectivity index (χ4n) is 3.33. The second-order valence-corrected chi connectivity index (χ2v) is 6.70. The van der Waals surface area contributed by atoms with Crippen LogP contribution in [0.2, 0.25) is 0 Å². The molecule has 0 aliphatic rings. The molecule has 0 aliphatic heterocycles. The molecule has 122 valence electrons. The van der Waals surface area contributed by atoms with Crippen molar-refractivity contribution in [2.24, 2.45) is 0 Å². The summed E-state index contributed by atoms with van der Waals surface area (Å²) in [7, 11) is 4.27. The van der Waals surface area contributed by atoms with Gasteiger partial charge in [0.05, 0.1) is 0 Å². The second-order valence-electron chi connectivity index (χ2n) is 6.70. The topological polar surface area (TPSA) is 3.24 Å². The largest absolute Gasteiger partial charge is 0.305 e. The number of hydrogen-bond acceptors (Lipinski definition) is 1. The number of rotatable bonds is 4. The highest BCUT2D eigenvalue weighted by Gasteiger charge is 2.14. The Bertz CT molecular complexity index is 782. The lowest BCUT2D eigenvalue weighted by atomic mass is 9.88. The maximum Gasteiger partial charge on any atom is 0.0239 e. The van der Waals surface area contributed by atoms with Crippen LogP contribution in [-0.2, 0) is 6.54 Å². The van der Waals surface area contributed by atoms with E-state index in [2.05, 4.69) is 99.6 Å². The summed E-state index contributed by atoms with van der Waals surface area (Å²) in [6.45, 7) is 5.30. The van der Waals surface area contributed by atoms with E-state index in [-0.39, 0.29) is 0 Å². The molecule has 0 amide bonds. The van der Waals surface area contributed by atoms with Crippen molar-refractivity contribution >= 4 is 0 Å². The van der Waals surface area contributed by atoms with E-state index in [1.165, 1.54) is 38.9 Å². The monoisotopic (exact) mass is 315 g/mol. The van der Waals surface area contributed by atoms with Gasteiger partial charge in [0.2, 0.25) is 0 Å². The normalized spacial score (nSPS) is 11.0. The van der Waals surface area contributed by atoms with Crippen molar-refractivity contribution in [3.8, 4) is 22.3 Å². The summed E-state index contributed by atoms with van der Waals surface area (Å²) in [6.07, 6.45) is 0. The Hall–Kier alpha value is -2.38. The average molecular weight is 315 g/mol. The Morgan fingerprint density at radius 1 is 0.583 bits per heavy atom. The minimum Gasteiger partial charge on any atom is -0.305 e. The lowest BCUT2D eigenvalue weighted by Gasteiger charge is -2.20. The molecule has 3 rings (SSSR count). The number of hydrogen-bond donors (Lipinski definition) is 0. The summed E-state index contributed by atoms with van der Waals surface area (Å²) < 4.78 is 0. The van der Waals surface area contributed by atoms with Crippen LogP contribution in [-0.4, -0.2) is 19.0 Å². The molecule has 0 N–H and O–H groups in total. The SMILES string of the molecule is Cc1ccccc1-c1cccc(-c2ccccc2C)c1CN(C)C. The van der Waals surface area contributed by atoms with Crippen LogP contribution in [0.1, 0.15) is 16.7 Å². The predicted molar refractivity (Wildman–Crippen MR) is 104 cm³/mol. The van der Waals surface area contributed by atoms with Gasteiger partial charge in [0.1, 0.15) is 0 Å². The van der Waals surface area contributed by atoms with Crippen molar-refractivity contribution in [3.63, 3.8) is 0 Å². The third-order valence-electron chi connectivity index (χ3n) is 4.52. The lowest BCUT2D eigenvalue weighted by Crippen LogP contribution is -2.13. The van der Waals surface area contributed by atoms with Crippen molar-refractivity contribution in [2.45, 2.75) is 20.4 Å². The first kappa shape index (κ1) is 16.5. The van der Waals surface area contributed by atoms with Gasteiger partial charge in [-0.2, -0.15) is 0 Å². The van der Waals surface area contributed by atoms with Gasteiger partial charge in [-0.05, 0) is 66.9 Å². The quantitative estimate of drug-likeness (QED) is 0.597. The minimum absolute atomic E-state index is 0.925. The molecule has 3 aromatic rings. The van der Waals surface area contributed by atoms with E-state index in [9.17, 15) is 0 Å². The van der Waals surface area contributed by atoms with Crippen LogP contribution in [0.4, 0.5) is 0 Å². The van der Waals surface area contributed by atoms with Gasteiger partial charge in [-0.3, -0.25) is 0 Å². The molecule has 0 spiro atoms. The molecule has 0 saturated heterocycles. The molecular weight excluding hydrogens is 290 g/mol. The van der Waals surface area contributed by atoms with Gasteiger partial charge >= 0.3 is 0 Å². The van der Waals surface area contributed by atoms with E-state index < -0.39 is 0 Å². The smallest absolute Gasteiger partial charge is 0.0239 e. The Balaban J connectivity index is 2.26. The van der Waals surface area contributed by atoms with Crippen molar-refractivity contribution in [1.82, 2.24) is 4.90 Å². The van der Waals surface area contributed by atoms with Crippen LogP contribution in [0, 0.1) is 13.8 Å². The van der Waals surface area contributed by atoms with Crippen molar-refractivity contribution in [1.29, 1.82) is 0 Å². The van der Waals surface area contributed by atoms with E-state index in [0.717, 1.165) is 6.54 Å². The van der Waals surface area contributed by atoms with Crippen LogP contribution in [0.15, 0.2) is 66.7 Å². The van der Waals surface area contributed by atoms with Crippen molar-refractivity contribution in [2.75, 3.05) is 14.1 Å². The van der Waals surface area contributed by atoms with Gasteiger partial charge < -0.3 is 4.90 Å². The minimum atomic E-state index is 0.925. The lowest BCUT2D eigenvalue weighted by molar-refractivity contribution is 0.403. The third-order valence-corrected chi connectivity index (χ3v) is 4.52. The Morgan fingerprint density at radius 2 is 1.00 bits per heavy atom. The Kier molecular flexibility index (Phi) is 4.82. The van der Waals surface area contributed by atoms with Crippen LogP contribution < -0.4 is 0 Å². The molecule has 0 saturated carbocycles. The second kappa shape index (κ2) is 7.02. The summed E-state index contributed by atoms with van der Waals surface area (Å²) in [4.78, 5) is 2.25. The van der Waals surface area contributed by atoms with E-state index in [4.69, 9.17) is 0 Å². The zero-order valence-electron chi connectivity index (χ0n) is 15.0. The zero-order chi connectivity index (χ0) is 17.1. The van der Waals surface area contributed by atoms with Gasteiger partial charge in [-0.25, -0.2) is 0 Å². The third kappa shape index (κ3) is 3.27. The highest BCUT2D eigenvalue weighted by Crippen LogP contribution is 2.35. The summed E-state index contributed by atoms with van der Waals surface area (Å²) >= 11 is 0. The van der Waals surface area contributed by atoms with Crippen LogP contribution in [0.3, 0.4) is 0 Å². The predicted octanol–water partition coefficient (Wildman–Crippen LogP) is 5.70. The van der Waals surface area contributed by atoms with Gasteiger partial charge in [0.25, 0.3) is 0 Å². The number of nitrogens with zero attached hydrogens (tertiary/aromatic N) is 1. The maximum absolute atomic E-state index is 2.25. The summed E-state index contributed by atoms with van der Waals surface area (Å²) in [5, 5.41) is 0. The molecule has 0 atom stereocenters. The Labute approximate surface area is 145 Å². The molecule has 0 bridgehead atoms. The number of aryl methyl sites for hydroxylation is 2. The van der Waals surface area contributed by atoms with Gasteiger partial charge in [-0.1, -0.05) is 66.7 Å². The molecule has 1 nitrogen and oxygen atoms in total. The molecule has 0 unspecified atom stereocenters. The van der Waals surface area contributed by atoms with Crippen molar-refractivity contribution < 1.29 is 0 Å².